The number of anilines is 1. The number of hydrogen-bond donors (Lipinski definition) is 2. The quantitative estimate of drug-likeness (QED) is 0.863. The van der Waals surface area contributed by atoms with E-state index < -0.39 is 18.0 Å². The highest BCUT2D eigenvalue weighted by Crippen LogP contribution is 2.26. The van der Waals surface area contributed by atoms with Crippen LogP contribution in [-0.4, -0.2) is 36.8 Å². The first-order valence-corrected chi connectivity index (χ1v) is 5.64. The van der Waals surface area contributed by atoms with Crippen molar-refractivity contribution in [1.29, 1.82) is 0 Å². The molecule has 0 spiro atoms. The van der Waals surface area contributed by atoms with E-state index in [1.165, 1.54) is 24.1 Å². The molecule has 0 aliphatic carbocycles. The lowest BCUT2D eigenvalue weighted by molar-refractivity contribution is -0.117. The number of rotatable bonds is 3. The maximum atomic E-state index is 13.6. The highest BCUT2D eigenvalue weighted by molar-refractivity contribution is 5.96. The van der Waals surface area contributed by atoms with Crippen LogP contribution in [-0.2, 0) is 4.79 Å². The number of ether oxygens (including phenoxy) is 1. The van der Waals surface area contributed by atoms with Gasteiger partial charge in [0.2, 0.25) is 5.91 Å². The summed E-state index contributed by atoms with van der Waals surface area (Å²) < 4.78 is 18.4. The van der Waals surface area contributed by atoms with Crippen molar-refractivity contribution in [3.63, 3.8) is 0 Å². The van der Waals surface area contributed by atoms with Gasteiger partial charge in [-0.05, 0) is 12.1 Å². The molecule has 0 aromatic heterocycles. The van der Waals surface area contributed by atoms with Crippen LogP contribution in [0.25, 0.3) is 0 Å². The number of hydrogen-bond acceptors (Lipinski definition) is 3. The lowest BCUT2D eigenvalue weighted by Gasteiger charge is -2.17. The van der Waals surface area contributed by atoms with E-state index in [2.05, 4.69) is 5.32 Å². The molecule has 6 nitrogen and oxygen atoms in total. The maximum Gasteiger partial charge on any atom is 0.404 e. The van der Waals surface area contributed by atoms with Crippen molar-refractivity contribution in [1.82, 2.24) is 5.32 Å². The minimum absolute atomic E-state index is 0.0694. The molecular weight excluding hydrogens is 255 g/mol. The van der Waals surface area contributed by atoms with Crippen molar-refractivity contribution < 1.29 is 23.8 Å². The third-order valence-electron chi connectivity index (χ3n) is 2.90. The van der Waals surface area contributed by atoms with Crippen LogP contribution in [0.4, 0.5) is 14.9 Å². The Hall–Kier alpha value is -2.31. The van der Waals surface area contributed by atoms with Crippen molar-refractivity contribution in [3.8, 4) is 5.75 Å². The van der Waals surface area contributed by atoms with E-state index in [9.17, 15) is 14.0 Å². The molecule has 0 saturated carbocycles. The molecule has 1 saturated heterocycles. The van der Waals surface area contributed by atoms with Gasteiger partial charge in [-0.15, -0.1) is 0 Å². The lowest BCUT2D eigenvalue weighted by atomic mass is 10.2. The predicted molar refractivity (Wildman–Crippen MR) is 64.9 cm³/mol. The summed E-state index contributed by atoms with van der Waals surface area (Å²) in [5.41, 5.74) is 0.387. The second kappa shape index (κ2) is 5.13. The van der Waals surface area contributed by atoms with Gasteiger partial charge in [-0.3, -0.25) is 4.79 Å². The molecule has 1 heterocycles. The van der Waals surface area contributed by atoms with Crippen LogP contribution >= 0.6 is 0 Å². The van der Waals surface area contributed by atoms with Crippen molar-refractivity contribution in [3.05, 3.63) is 24.0 Å². The monoisotopic (exact) mass is 268 g/mol. The molecule has 1 atom stereocenters. The Balaban J connectivity index is 2.16. The summed E-state index contributed by atoms with van der Waals surface area (Å²) in [6.07, 6.45) is -1.11. The number of amides is 2. The molecule has 7 heteroatoms. The summed E-state index contributed by atoms with van der Waals surface area (Å²) in [6.45, 7) is 0.191. The minimum Gasteiger partial charge on any atom is -0.494 e. The fourth-order valence-electron chi connectivity index (χ4n) is 2.05. The lowest BCUT2D eigenvalue weighted by Crippen LogP contribution is -2.36. The topological polar surface area (TPSA) is 78.9 Å². The number of methoxy groups -OCH3 is 1. The van der Waals surface area contributed by atoms with Crippen molar-refractivity contribution >= 4 is 17.7 Å². The Bertz CT molecular complexity index is 520. The summed E-state index contributed by atoms with van der Waals surface area (Å²) >= 11 is 0. The molecule has 102 valence electrons. The van der Waals surface area contributed by atoms with Crippen molar-refractivity contribution in [2.45, 2.75) is 12.5 Å². The Kier molecular flexibility index (Phi) is 3.55. The highest BCUT2D eigenvalue weighted by atomic mass is 19.1. The molecule has 2 N–H and O–H groups in total. The molecule has 1 unspecified atom stereocenters. The Morgan fingerprint density at radius 3 is 2.89 bits per heavy atom. The molecule has 2 amide bonds. The van der Waals surface area contributed by atoms with Crippen LogP contribution in [0.5, 0.6) is 5.75 Å². The number of carbonyl (C=O) groups excluding carboxylic acids is 1. The van der Waals surface area contributed by atoms with E-state index in [1.54, 1.807) is 6.07 Å². The van der Waals surface area contributed by atoms with Crippen LogP contribution in [0.3, 0.4) is 0 Å². The van der Waals surface area contributed by atoms with E-state index in [1.807, 2.05) is 0 Å². The molecule has 0 bridgehead atoms. The van der Waals surface area contributed by atoms with Gasteiger partial charge in [0.25, 0.3) is 0 Å². The van der Waals surface area contributed by atoms with Gasteiger partial charge in [0.1, 0.15) is 0 Å². The number of carbonyl (C=O) groups is 2. The average Bonchev–Trinajstić information content (AvgIpc) is 2.69. The Morgan fingerprint density at radius 2 is 2.32 bits per heavy atom. The van der Waals surface area contributed by atoms with E-state index in [4.69, 9.17) is 9.84 Å². The fourth-order valence-corrected chi connectivity index (χ4v) is 2.05. The SMILES string of the molecule is COc1ccc(N2CC(NC(=O)O)CC2=O)cc1F. The van der Waals surface area contributed by atoms with E-state index in [0.717, 1.165) is 0 Å². The second-order valence-corrected chi connectivity index (χ2v) is 4.17. The van der Waals surface area contributed by atoms with Crippen LogP contribution in [0.1, 0.15) is 6.42 Å². The van der Waals surface area contributed by atoms with Crippen molar-refractivity contribution in [2.75, 3.05) is 18.6 Å². The normalized spacial score (nSPS) is 18.5. The maximum absolute atomic E-state index is 13.6. The van der Waals surface area contributed by atoms with Gasteiger partial charge in [-0.25, -0.2) is 9.18 Å². The van der Waals surface area contributed by atoms with Gasteiger partial charge >= 0.3 is 6.09 Å². The number of halogens is 1. The molecule has 1 aromatic carbocycles. The van der Waals surface area contributed by atoms with Gasteiger partial charge in [-0.1, -0.05) is 0 Å². The fraction of sp³-hybridized carbons (Fsp3) is 0.333. The van der Waals surface area contributed by atoms with Crippen LogP contribution in [0, 0.1) is 5.82 Å². The zero-order chi connectivity index (χ0) is 14.0. The van der Waals surface area contributed by atoms with Crippen molar-refractivity contribution in [2.24, 2.45) is 0 Å². The molecule has 19 heavy (non-hydrogen) atoms. The molecule has 2 rings (SSSR count). The van der Waals surface area contributed by atoms with Gasteiger partial charge in [0.05, 0.1) is 13.2 Å². The second-order valence-electron chi connectivity index (χ2n) is 4.17. The Morgan fingerprint density at radius 1 is 1.58 bits per heavy atom. The first-order valence-electron chi connectivity index (χ1n) is 5.64. The van der Waals surface area contributed by atoms with Crippen LogP contribution in [0.15, 0.2) is 18.2 Å². The summed E-state index contributed by atoms with van der Waals surface area (Å²) in [6, 6.07) is 3.70. The number of nitrogens with one attached hydrogen (secondary N) is 1. The largest absolute Gasteiger partial charge is 0.494 e. The van der Waals surface area contributed by atoms with E-state index in [-0.39, 0.29) is 24.6 Å². The van der Waals surface area contributed by atoms with E-state index >= 15 is 0 Å². The van der Waals surface area contributed by atoms with Gasteiger partial charge < -0.3 is 20.1 Å². The first kappa shape index (κ1) is 13.1. The first-order chi connectivity index (χ1) is 9.01. The average molecular weight is 268 g/mol. The van der Waals surface area contributed by atoms with Gasteiger partial charge in [0, 0.05) is 24.7 Å². The molecule has 1 aliphatic heterocycles. The molecule has 1 aliphatic rings. The summed E-state index contributed by atoms with van der Waals surface area (Å²) in [7, 11) is 1.35. The highest BCUT2D eigenvalue weighted by Gasteiger charge is 2.31. The molecular formula is C12H13FN2O4. The number of nitrogens with zero attached hydrogens (tertiary/aromatic N) is 1. The van der Waals surface area contributed by atoms with E-state index in [0.29, 0.717) is 5.69 Å². The zero-order valence-corrected chi connectivity index (χ0v) is 10.2. The third kappa shape index (κ3) is 2.75. The van der Waals surface area contributed by atoms with Gasteiger partial charge in [0.15, 0.2) is 11.6 Å². The molecule has 1 aromatic rings. The smallest absolute Gasteiger partial charge is 0.404 e. The zero-order valence-electron chi connectivity index (χ0n) is 10.2. The van der Waals surface area contributed by atoms with Crippen LogP contribution < -0.4 is 15.0 Å². The molecule has 1 fully saturated rings. The minimum atomic E-state index is -1.18. The predicted octanol–water partition coefficient (Wildman–Crippen LogP) is 1.21. The van der Waals surface area contributed by atoms with Crippen LogP contribution in [0.2, 0.25) is 0 Å². The Labute approximate surface area is 108 Å². The number of carboxylic acid groups (broad SMARTS) is 1. The molecule has 0 radical (unpaired) electrons. The summed E-state index contributed by atoms with van der Waals surface area (Å²) in [5.74, 6) is -0.721. The number of benzene rings is 1. The van der Waals surface area contributed by atoms with Gasteiger partial charge in [-0.2, -0.15) is 0 Å². The third-order valence-corrected chi connectivity index (χ3v) is 2.90. The standard InChI is InChI=1S/C12H13FN2O4/c1-19-10-3-2-8(5-9(10)13)15-6-7(4-11(15)16)14-12(17)18/h2-3,5,7,14H,4,6H2,1H3,(H,17,18). The summed E-state index contributed by atoms with van der Waals surface area (Å²) in [5, 5.41) is 10.9. The summed E-state index contributed by atoms with van der Waals surface area (Å²) in [4.78, 5) is 23.6.